The number of anilines is 2. The largest absolute Gasteiger partial charge is 0.356 e. The van der Waals surface area contributed by atoms with Crippen LogP contribution in [0, 0.1) is 5.92 Å². The van der Waals surface area contributed by atoms with Crippen molar-refractivity contribution < 1.29 is 0 Å². The monoisotopic (exact) mass is 239 g/mol. The molecule has 0 aromatic carbocycles. The molecule has 2 rings (SSSR count). The number of nitrogens with two attached hydrogens (primary N) is 1. The molecule has 1 aliphatic heterocycles. The summed E-state index contributed by atoms with van der Waals surface area (Å²) in [5.74, 6) is 7.78. The molecule has 1 aromatic rings. The lowest BCUT2D eigenvalue weighted by Gasteiger charge is -2.18. The van der Waals surface area contributed by atoms with Gasteiger partial charge in [-0.2, -0.15) is 0 Å². The van der Waals surface area contributed by atoms with Crippen molar-refractivity contribution in [2.75, 3.05) is 29.7 Å². The number of nitrogens with one attached hydrogen (secondary N) is 1. The molecule has 1 fully saturated rings. The summed E-state index contributed by atoms with van der Waals surface area (Å²) < 4.78 is 0. The van der Waals surface area contributed by atoms with Gasteiger partial charge in [0.25, 0.3) is 0 Å². The van der Waals surface area contributed by atoms with Crippen LogP contribution in [0.5, 0.6) is 0 Å². The number of hydrazine groups is 1. The fraction of sp³-hybridized carbons (Fsp3) is 0.600. The van der Waals surface area contributed by atoms with Gasteiger partial charge in [-0.1, -0.05) is 18.7 Å². The summed E-state index contributed by atoms with van der Waals surface area (Å²) in [4.78, 5) is 11.0. The van der Waals surface area contributed by atoms with E-state index in [2.05, 4.69) is 27.2 Å². The molecule has 1 unspecified atom stereocenters. The summed E-state index contributed by atoms with van der Waals surface area (Å²) >= 11 is 1.53. The van der Waals surface area contributed by atoms with Gasteiger partial charge >= 0.3 is 0 Å². The van der Waals surface area contributed by atoms with Gasteiger partial charge < -0.3 is 10.3 Å². The van der Waals surface area contributed by atoms with Gasteiger partial charge in [0.1, 0.15) is 11.6 Å². The Morgan fingerprint density at radius 3 is 2.94 bits per heavy atom. The highest BCUT2D eigenvalue weighted by atomic mass is 32.2. The van der Waals surface area contributed by atoms with Crippen LogP contribution in [0.4, 0.5) is 11.6 Å². The third kappa shape index (κ3) is 2.38. The maximum absolute atomic E-state index is 5.40. The minimum Gasteiger partial charge on any atom is -0.356 e. The van der Waals surface area contributed by atoms with Crippen molar-refractivity contribution in [2.24, 2.45) is 11.8 Å². The summed E-state index contributed by atoms with van der Waals surface area (Å²) in [6, 6.07) is 1.90. The van der Waals surface area contributed by atoms with Crippen molar-refractivity contribution in [3.05, 3.63) is 6.07 Å². The number of thioether (sulfide) groups is 1. The Balaban J connectivity index is 2.25. The second kappa shape index (κ2) is 4.88. The Labute approximate surface area is 99.8 Å². The molecule has 0 aliphatic carbocycles. The van der Waals surface area contributed by atoms with Gasteiger partial charge in [0.05, 0.1) is 0 Å². The molecule has 2 heterocycles. The normalized spacial score (nSPS) is 20.2. The van der Waals surface area contributed by atoms with E-state index < -0.39 is 0 Å². The number of rotatable bonds is 3. The predicted octanol–water partition coefficient (Wildman–Crippen LogP) is 1.33. The van der Waals surface area contributed by atoms with E-state index in [9.17, 15) is 0 Å². The first-order chi connectivity index (χ1) is 7.72. The van der Waals surface area contributed by atoms with Crippen LogP contribution in [0.2, 0.25) is 0 Å². The molecule has 1 aliphatic rings. The summed E-state index contributed by atoms with van der Waals surface area (Å²) in [5, 5.41) is 0.755. The zero-order valence-corrected chi connectivity index (χ0v) is 10.4. The Kier molecular flexibility index (Phi) is 3.50. The molecular weight excluding hydrogens is 222 g/mol. The van der Waals surface area contributed by atoms with Gasteiger partial charge in [0.15, 0.2) is 5.16 Å². The molecule has 0 radical (unpaired) electrons. The van der Waals surface area contributed by atoms with Gasteiger partial charge in [-0.3, -0.25) is 0 Å². The van der Waals surface area contributed by atoms with Gasteiger partial charge in [0, 0.05) is 19.2 Å². The Hall–Kier alpha value is -1.01. The summed E-state index contributed by atoms with van der Waals surface area (Å²) in [7, 11) is 0. The molecule has 5 nitrogen and oxygen atoms in total. The Morgan fingerprint density at radius 2 is 2.38 bits per heavy atom. The van der Waals surface area contributed by atoms with E-state index in [1.807, 2.05) is 12.3 Å². The zero-order chi connectivity index (χ0) is 11.5. The average Bonchev–Trinajstić information content (AvgIpc) is 2.75. The Bertz CT molecular complexity index is 348. The third-order valence-electron chi connectivity index (χ3n) is 2.77. The summed E-state index contributed by atoms with van der Waals surface area (Å²) in [6.45, 7) is 4.39. The van der Waals surface area contributed by atoms with E-state index >= 15 is 0 Å². The molecule has 0 spiro atoms. The smallest absolute Gasteiger partial charge is 0.191 e. The van der Waals surface area contributed by atoms with Gasteiger partial charge in [0.2, 0.25) is 0 Å². The van der Waals surface area contributed by atoms with Crippen molar-refractivity contribution in [2.45, 2.75) is 18.5 Å². The highest BCUT2D eigenvalue weighted by Gasteiger charge is 2.20. The van der Waals surface area contributed by atoms with E-state index in [0.717, 1.165) is 30.0 Å². The van der Waals surface area contributed by atoms with E-state index in [4.69, 9.17) is 5.84 Å². The topological polar surface area (TPSA) is 67.1 Å². The van der Waals surface area contributed by atoms with Crippen molar-refractivity contribution in [1.82, 2.24) is 9.97 Å². The zero-order valence-electron chi connectivity index (χ0n) is 9.60. The van der Waals surface area contributed by atoms with Gasteiger partial charge in [-0.05, 0) is 18.6 Å². The molecular formula is C10H17N5S. The second-order valence-corrected chi connectivity index (χ2v) is 4.86. The maximum atomic E-state index is 5.40. The van der Waals surface area contributed by atoms with Crippen LogP contribution in [0.15, 0.2) is 11.2 Å². The lowest BCUT2D eigenvalue weighted by atomic mass is 10.2. The summed E-state index contributed by atoms with van der Waals surface area (Å²) in [6.07, 6.45) is 3.19. The van der Waals surface area contributed by atoms with Crippen molar-refractivity contribution in [1.29, 1.82) is 0 Å². The molecule has 0 amide bonds. The second-order valence-electron chi connectivity index (χ2n) is 4.08. The van der Waals surface area contributed by atoms with Gasteiger partial charge in [-0.25, -0.2) is 15.8 Å². The number of hydrogen-bond acceptors (Lipinski definition) is 6. The third-order valence-corrected chi connectivity index (χ3v) is 3.32. The Morgan fingerprint density at radius 1 is 1.56 bits per heavy atom. The molecule has 1 atom stereocenters. The van der Waals surface area contributed by atoms with Crippen LogP contribution in [0.3, 0.4) is 0 Å². The molecule has 16 heavy (non-hydrogen) atoms. The number of aromatic nitrogens is 2. The molecule has 6 heteroatoms. The standard InChI is InChI=1S/C10H17N5S/c1-7-3-4-15(6-7)9-5-8(14-11)12-10(13-9)16-2/h5,7H,3-4,6,11H2,1-2H3,(H,12,13,14). The first-order valence-corrected chi connectivity index (χ1v) is 6.60. The van der Waals surface area contributed by atoms with Crippen molar-refractivity contribution >= 4 is 23.4 Å². The van der Waals surface area contributed by atoms with Crippen LogP contribution >= 0.6 is 11.8 Å². The van der Waals surface area contributed by atoms with Crippen LogP contribution in [-0.4, -0.2) is 29.3 Å². The minimum absolute atomic E-state index is 0.675. The minimum atomic E-state index is 0.675. The van der Waals surface area contributed by atoms with Crippen molar-refractivity contribution in [3.8, 4) is 0 Å². The first-order valence-electron chi connectivity index (χ1n) is 5.37. The predicted molar refractivity (Wildman–Crippen MR) is 67.6 cm³/mol. The number of nitrogen functional groups attached to an aromatic ring is 1. The average molecular weight is 239 g/mol. The molecule has 0 saturated carbocycles. The highest BCUT2D eigenvalue weighted by Crippen LogP contribution is 2.25. The van der Waals surface area contributed by atoms with Gasteiger partial charge in [-0.15, -0.1) is 0 Å². The lowest BCUT2D eigenvalue weighted by Crippen LogP contribution is -2.21. The van der Waals surface area contributed by atoms with E-state index in [-0.39, 0.29) is 0 Å². The van der Waals surface area contributed by atoms with E-state index in [1.165, 1.54) is 18.2 Å². The fourth-order valence-electron chi connectivity index (χ4n) is 1.88. The lowest BCUT2D eigenvalue weighted by molar-refractivity contribution is 0.658. The fourth-order valence-corrected chi connectivity index (χ4v) is 2.26. The molecule has 88 valence electrons. The first kappa shape index (κ1) is 11.5. The maximum Gasteiger partial charge on any atom is 0.191 e. The number of hydrogen-bond donors (Lipinski definition) is 2. The SMILES string of the molecule is CSc1nc(NN)cc(N2CCC(C)C2)n1. The van der Waals surface area contributed by atoms with Crippen LogP contribution < -0.4 is 16.2 Å². The van der Waals surface area contributed by atoms with Crippen LogP contribution in [-0.2, 0) is 0 Å². The van der Waals surface area contributed by atoms with Crippen LogP contribution in [0.1, 0.15) is 13.3 Å². The molecule has 1 aromatic heterocycles. The quantitative estimate of drug-likeness (QED) is 0.359. The van der Waals surface area contributed by atoms with E-state index in [1.54, 1.807) is 0 Å². The molecule has 3 N–H and O–H groups in total. The molecule has 1 saturated heterocycles. The van der Waals surface area contributed by atoms with E-state index in [0.29, 0.717) is 5.82 Å². The summed E-state index contributed by atoms with van der Waals surface area (Å²) in [5.41, 5.74) is 2.59. The van der Waals surface area contributed by atoms with Crippen molar-refractivity contribution in [3.63, 3.8) is 0 Å². The van der Waals surface area contributed by atoms with Crippen LogP contribution in [0.25, 0.3) is 0 Å². The molecule has 0 bridgehead atoms. The highest BCUT2D eigenvalue weighted by molar-refractivity contribution is 7.98. The number of nitrogens with zero attached hydrogens (tertiary/aromatic N) is 3.